The zero-order chi connectivity index (χ0) is 13.8. The first kappa shape index (κ1) is 14.2. The molecule has 2 rings (SSSR count). The summed E-state index contributed by atoms with van der Waals surface area (Å²) in [5.74, 6) is 0.182. The molecule has 0 saturated heterocycles. The maximum Gasteiger partial charge on any atom is 0.123 e. The predicted octanol–water partition coefficient (Wildman–Crippen LogP) is 4.85. The molecule has 0 aliphatic carbocycles. The molecule has 0 N–H and O–H groups in total. The van der Waals surface area contributed by atoms with Gasteiger partial charge in [-0.1, -0.05) is 29.8 Å². The normalized spacial score (nSPS) is 10.5. The van der Waals surface area contributed by atoms with E-state index in [4.69, 9.17) is 23.2 Å². The molecular formula is C15H14Cl2FN. The van der Waals surface area contributed by atoms with Gasteiger partial charge in [0, 0.05) is 30.2 Å². The molecule has 0 amide bonds. The van der Waals surface area contributed by atoms with Gasteiger partial charge in [0.05, 0.1) is 0 Å². The molecule has 0 aromatic heterocycles. The molecule has 0 aliphatic heterocycles. The van der Waals surface area contributed by atoms with Crippen molar-refractivity contribution in [1.82, 2.24) is 0 Å². The molecule has 0 radical (unpaired) electrons. The van der Waals surface area contributed by atoms with E-state index in [0.717, 1.165) is 16.8 Å². The third kappa shape index (κ3) is 3.62. The van der Waals surface area contributed by atoms with Crippen molar-refractivity contribution in [2.24, 2.45) is 0 Å². The second-order valence-corrected chi connectivity index (χ2v) is 5.07. The lowest BCUT2D eigenvalue weighted by Gasteiger charge is -2.20. The maximum absolute atomic E-state index is 12.8. The highest BCUT2D eigenvalue weighted by Gasteiger charge is 2.06. The van der Waals surface area contributed by atoms with Crippen LogP contribution >= 0.6 is 23.2 Å². The quantitative estimate of drug-likeness (QED) is 0.729. The van der Waals surface area contributed by atoms with Crippen LogP contribution in [-0.4, -0.2) is 7.05 Å². The van der Waals surface area contributed by atoms with Gasteiger partial charge in [0.25, 0.3) is 0 Å². The van der Waals surface area contributed by atoms with Crippen LogP contribution in [0.5, 0.6) is 0 Å². The van der Waals surface area contributed by atoms with Gasteiger partial charge in [-0.3, -0.25) is 0 Å². The summed E-state index contributed by atoms with van der Waals surface area (Å²) < 4.78 is 12.8. The van der Waals surface area contributed by atoms with Crippen molar-refractivity contribution in [3.8, 4) is 0 Å². The van der Waals surface area contributed by atoms with Crippen molar-refractivity contribution in [3.05, 3.63) is 64.4 Å². The molecule has 0 fully saturated rings. The van der Waals surface area contributed by atoms with Gasteiger partial charge in [0.1, 0.15) is 5.82 Å². The summed E-state index contributed by atoms with van der Waals surface area (Å²) in [5.41, 5.74) is 2.96. The van der Waals surface area contributed by atoms with E-state index in [0.29, 0.717) is 17.4 Å². The molecular weight excluding hydrogens is 284 g/mol. The summed E-state index contributed by atoms with van der Waals surface area (Å²) in [5, 5.41) is 0.665. The minimum absolute atomic E-state index is 0.221. The predicted molar refractivity (Wildman–Crippen MR) is 79.5 cm³/mol. The van der Waals surface area contributed by atoms with Crippen LogP contribution in [0.4, 0.5) is 10.1 Å². The molecule has 1 nitrogen and oxygen atoms in total. The van der Waals surface area contributed by atoms with Gasteiger partial charge in [-0.05, 0) is 35.4 Å². The van der Waals surface area contributed by atoms with Crippen LogP contribution in [0.2, 0.25) is 5.02 Å². The van der Waals surface area contributed by atoms with Crippen molar-refractivity contribution in [1.29, 1.82) is 0 Å². The molecule has 19 heavy (non-hydrogen) atoms. The number of halogens is 3. The van der Waals surface area contributed by atoms with Crippen LogP contribution in [0, 0.1) is 5.82 Å². The highest BCUT2D eigenvalue weighted by atomic mass is 35.5. The smallest absolute Gasteiger partial charge is 0.123 e. The second-order valence-electron chi connectivity index (χ2n) is 4.39. The molecule has 0 saturated carbocycles. The molecule has 100 valence electrons. The number of hydrogen-bond donors (Lipinski definition) is 0. The second kappa shape index (κ2) is 6.27. The molecule has 2 aromatic rings. The summed E-state index contributed by atoms with van der Waals surface area (Å²) in [7, 11) is 1.97. The van der Waals surface area contributed by atoms with Crippen molar-refractivity contribution >= 4 is 28.9 Å². The lowest BCUT2D eigenvalue weighted by atomic mass is 10.2. The highest BCUT2D eigenvalue weighted by Crippen LogP contribution is 2.25. The highest BCUT2D eigenvalue weighted by molar-refractivity contribution is 6.32. The summed E-state index contributed by atoms with van der Waals surface area (Å²) in [6.07, 6.45) is 0. The minimum Gasteiger partial charge on any atom is -0.370 e. The van der Waals surface area contributed by atoms with E-state index in [1.54, 1.807) is 12.1 Å². The lowest BCUT2D eigenvalue weighted by Crippen LogP contribution is -2.16. The Balaban J connectivity index is 2.13. The van der Waals surface area contributed by atoms with E-state index in [-0.39, 0.29) is 5.82 Å². The SMILES string of the molecule is CN(Cc1ccc(F)cc1)c1ccc(CCl)c(Cl)c1. The zero-order valence-electron chi connectivity index (χ0n) is 10.5. The molecule has 0 bridgehead atoms. The number of hydrogen-bond acceptors (Lipinski definition) is 1. The minimum atomic E-state index is -0.221. The fourth-order valence-corrected chi connectivity index (χ4v) is 2.38. The van der Waals surface area contributed by atoms with E-state index >= 15 is 0 Å². The van der Waals surface area contributed by atoms with E-state index in [1.807, 2.05) is 25.2 Å². The van der Waals surface area contributed by atoms with Gasteiger partial charge in [-0.25, -0.2) is 4.39 Å². The van der Waals surface area contributed by atoms with Gasteiger partial charge < -0.3 is 4.90 Å². The number of anilines is 1. The van der Waals surface area contributed by atoms with E-state index < -0.39 is 0 Å². The Morgan fingerprint density at radius 3 is 2.37 bits per heavy atom. The monoisotopic (exact) mass is 297 g/mol. The van der Waals surface area contributed by atoms with Gasteiger partial charge in [0.15, 0.2) is 0 Å². The Hall–Kier alpha value is -1.25. The van der Waals surface area contributed by atoms with Gasteiger partial charge in [-0.2, -0.15) is 0 Å². The van der Waals surface area contributed by atoms with Crippen LogP contribution in [0.1, 0.15) is 11.1 Å². The number of nitrogens with zero attached hydrogens (tertiary/aromatic N) is 1. The fourth-order valence-electron chi connectivity index (χ4n) is 1.84. The average molecular weight is 298 g/mol. The van der Waals surface area contributed by atoms with Crippen LogP contribution in [0.25, 0.3) is 0 Å². The molecule has 0 aliphatic rings. The van der Waals surface area contributed by atoms with Crippen LogP contribution in [0.3, 0.4) is 0 Å². The van der Waals surface area contributed by atoms with Crippen LogP contribution in [-0.2, 0) is 12.4 Å². The molecule has 0 atom stereocenters. The number of alkyl halides is 1. The molecule has 0 unspecified atom stereocenters. The molecule has 4 heteroatoms. The molecule has 0 spiro atoms. The Bertz CT molecular complexity index is 555. The average Bonchev–Trinajstić information content (AvgIpc) is 2.41. The van der Waals surface area contributed by atoms with Gasteiger partial charge in [0.2, 0.25) is 0 Å². The summed E-state index contributed by atoms with van der Waals surface area (Å²) in [4.78, 5) is 2.05. The first-order chi connectivity index (χ1) is 9.10. The number of benzene rings is 2. The van der Waals surface area contributed by atoms with E-state index in [9.17, 15) is 4.39 Å². The van der Waals surface area contributed by atoms with Crippen molar-refractivity contribution in [2.45, 2.75) is 12.4 Å². The topological polar surface area (TPSA) is 3.24 Å². The summed E-state index contributed by atoms with van der Waals surface area (Å²) in [6, 6.07) is 12.3. The Labute approximate surface area is 122 Å². The van der Waals surface area contributed by atoms with Crippen LogP contribution < -0.4 is 4.90 Å². The van der Waals surface area contributed by atoms with Crippen molar-refractivity contribution in [2.75, 3.05) is 11.9 Å². The standard InChI is InChI=1S/C15H14Cl2FN/c1-19(10-11-2-5-13(18)6-3-11)14-7-4-12(9-16)15(17)8-14/h2-8H,9-10H2,1H3. The fraction of sp³-hybridized carbons (Fsp3) is 0.200. The number of rotatable bonds is 4. The van der Waals surface area contributed by atoms with Crippen LogP contribution in [0.15, 0.2) is 42.5 Å². The van der Waals surface area contributed by atoms with Crippen molar-refractivity contribution in [3.63, 3.8) is 0 Å². The Kier molecular flexibility index (Phi) is 4.67. The third-order valence-electron chi connectivity index (χ3n) is 2.95. The molecule has 0 heterocycles. The summed E-state index contributed by atoms with van der Waals surface area (Å²) >= 11 is 11.9. The maximum atomic E-state index is 12.8. The summed E-state index contributed by atoms with van der Waals surface area (Å²) in [6.45, 7) is 0.691. The van der Waals surface area contributed by atoms with Crippen molar-refractivity contribution < 1.29 is 4.39 Å². The third-order valence-corrected chi connectivity index (χ3v) is 3.59. The first-order valence-corrected chi connectivity index (χ1v) is 6.81. The Morgan fingerprint density at radius 2 is 1.79 bits per heavy atom. The zero-order valence-corrected chi connectivity index (χ0v) is 12.0. The molecule has 2 aromatic carbocycles. The van der Waals surface area contributed by atoms with E-state index in [2.05, 4.69) is 4.90 Å². The van der Waals surface area contributed by atoms with Gasteiger partial charge in [-0.15, -0.1) is 11.6 Å². The largest absolute Gasteiger partial charge is 0.370 e. The van der Waals surface area contributed by atoms with E-state index in [1.165, 1.54) is 12.1 Å². The van der Waals surface area contributed by atoms with Gasteiger partial charge >= 0.3 is 0 Å². The first-order valence-electron chi connectivity index (χ1n) is 5.90. The Morgan fingerprint density at radius 1 is 1.11 bits per heavy atom. The lowest BCUT2D eigenvalue weighted by molar-refractivity contribution is 0.627.